The lowest BCUT2D eigenvalue weighted by Gasteiger charge is -2.22. The molecule has 1 amide bonds. The molecule has 0 spiro atoms. The van der Waals surface area contributed by atoms with Crippen molar-refractivity contribution in [1.29, 1.82) is 0 Å². The Bertz CT molecular complexity index is 927. The number of rotatable bonds is 32. The first-order valence-corrected chi connectivity index (χ1v) is 20.1. The quantitative estimate of drug-likeness (QED) is 0.0245. The molecule has 0 saturated carbocycles. The molecule has 0 fully saturated rings. The molecular weight excluding hydrogens is 598 g/mol. The van der Waals surface area contributed by atoms with Gasteiger partial charge >= 0.3 is 0 Å². The summed E-state index contributed by atoms with van der Waals surface area (Å²) in [5.74, 6) is -1.57. The molecule has 4 N–H and O–H groups in total. The fraction of sp³-hybridized carbons (Fsp3) is 0.763. The standard InChI is InChI=1S/C38H69NO6S/c1-3-5-7-9-11-13-15-16-17-18-19-20-21-23-25-27-29-31-33-37(41)38(42)39-35(34-46(43,44)45)36(40)32-30-28-26-24-22-14-12-10-8-6-4-2/h11,13,15-16,22,24,30,32,35-37,40-41H,3-10,12,14,17-21,23,25-29,31,33-34H2,1-2H3,(H,39,42)(H,43,44,45)/b13-11-,16-15-,24-22+,32-30+. The molecule has 0 radical (unpaired) electrons. The van der Waals surface area contributed by atoms with Crippen LogP contribution in [0, 0.1) is 0 Å². The highest BCUT2D eigenvalue weighted by Gasteiger charge is 2.27. The first kappa shape index (κ1) is 44.3. The van der Waals surface area contributed by atoms with Gasteiger partial charge in [0, 0.05) is 0 Å². The van der Waals surface area contributed by atoms with Gasteiger partial charge in [0.1, 0.15) is 6.10 Å². The predicted octanol–water partition coefficient (Wildman–Crippen LogP) is 9.32. The third kappa shape index (κ3) is 30.9. The molecular formula is C38H69NO6S. The van der Waals surface area contributed by atoms with Crippen molar-refractivity contribution in [3.05, 3.63) is 48.6 Å². The fourth-order valence-corrected chi connectivity index (χ4v) is 5.96. The molecule has 268 valence electrons. The summed E-state index contributed by atoms with van der Waals surface area (Å²) in [6.45, 7) is 4.43. The van der Waals surface area contributed by atoms with Crippen molar-refractivity contribution in [1.82, 2.24) is 5.32 Å². The van der Waals surface area contributed by atoms with Gasteiger partial charge in [-0.25, -0.2) is 0 Å². The molecule has 0 aromatic rings. The average Bonchev–Trinajstić information content (AvgIpc) is 3.01. The number of nitrogens with one attached hydrogen (secondary N) is 1. The van der Waals surface area contributed by atoms with Crippen LogP contribution in [-0.2, 0) is 14.9 Å². The van der Waals surface area contributed by atoms with Gasteiger partial charge in [-0.15, -0.1) is 0 Å². The van der Waals surface area contributed by atoms with Gasteiger partial charge in [0.15, 0.2) is 0 Å². The van der Waals surface area contributed by atoms with Gasteiger partial charge in [-0.1, -0.05) is 152 Å². The van der Waals surface area contributed by atoms with E-state index in [0.29, 0.717) is 12.8 Å². The highest BCUT2D eigenvalue weighted by Crippen LogP contribution is 2.13. The van der Waals surface area contributed by atoms with Gasteiger partial charge in [0.25, 0.3) is 10.1 Å². The van der Waals surface area contributed by atoms with Crippen LogP contribution in [0.15, 0.2) is 48.6 Å². The second kappa shape index (κ2) is 31.8. The van der Waals surface area contributed by atoms with E-state index in [1.165, 1.54) is 96.0 Å². The van der Waals surface area contributed by atoms with Crippen LogP contribution < -0.4 is 5.32 Å². The summed E-state index contributed by atoms with van der Waals surface area (Å²) in [5.41, 5.74) is 0. The fourth-order valence-electron chi connectivity index (χ4n) is 5.23. The smallest absolute Gasteiger partial charge is 0.267 e. The third-order valence-electron chi connectivity index (χ3n) is 8.11. The van der Waals surface area contributed by atoms with E-state index in [1.54, 1.807) is 6.08 Å². The Kier molecular flexibility index (Phi) is 30.6. The molecule has 0 aromatic heterocycles. The summed E-state index contributed by atoms with van der Waals surface area (Å²) in [7, 11) is -4.45. The number of amides is 1. The maximum absolute atomic E-state index is 12.5. The average molecular weight is 668 g/mol. The number of aliphatic hydroxyl groups excluding tert-OH is 2. The van der Waals surface area contributed by atoms with Crippen molar-refractivity contribution in [2.24, 2.45) is 0 Å². The van der Waals surface area contributed by atoms with E-state index in [4.69, 9.17) is 0 Å². The number of carbonyl (C=O) groups is 1. The van der Waals surface area contributed by atoms with Crippen LogP contribution in [0.25, 0.3) is 0 Å². The van der Waals surface area contributed by atoms with Gasteiger partial charge in [0.2, 0.25) is 5.91 Å². The molecule has 0 rings (SSSR count). The van der Waals surface area contributed by atoms with Crippen LogP contribution in [0.3, 0.4) is 0 Å². The maximum atomic E-state index is 12.5. The highest BCUT2D eigenvalue weighted by molar-refractivity contribution is 7.85. The molecule has 0 aliphatic carbocycles. The Balaban J connectivity index is 4.12. The van der Waals surface area contributed by atoms with Crippen LogP contribution in [0.1, 0.15) is 162 Å². The summed E-state index contributed by atoms with van der Waals surface area (Å²) < 4.78 is 32.3. The zero-order valence-electron chi connectivity index (χ0n) is 29.3. The molecule has 0 aromatic carbocycles. The van der Waals surface area contributed by atoms with Crippen molar-refractivity contribution in [3.63, 3.8) is 0 Å². The van der Waals surface area contributed by atoms with Crippen LogP contribution in [0.5, 0.6) is 0 Å². The molecule has 0 aliphatic heterocycles. The summed E-state index contributed by atoms with van der Waals surface area (Å²) in [5, 5.41) is 23.2. The molecule has 0 saturated heterocycles. The van der Waals surface area contributed by atoms with E-state index < -0.39 is 40.0 Å². The van der Waals surface area contributed by atoms with Gasteiger partial charge < -0.3 is 15.5 Å². The molecule has 8 heteroatoms. The summed E-state index contributed by atoms with van der Waals surface area (Å²) >= 11 is 0. The third-order valence-corrected chi connectivity index (χ3v) is 8.89. The van der Waals surface area contributed by atoms with E-state index in [2.05, 4.69) is 55.6 Å². The Morgan fingerprint density at radius 1 is 0.609 bits per heavy atom. The predicted molar refractivity (Wildman–Crippen MR) is 194 cm³/mol. The number of hydrogen-bond acceptors (Lipinski definition) is 5. The van der Waals surface area contributed by atoms with E-state index in [1.807, 2.05) is 0 Å². The lowest BCUT2D eigenvalue weighted by Crippen LogP contribution is -2.50. The maximum Gasteiger partial charge on any atom is 0.267 e. The van der Waals surface area contributed by atoms with E-state index >= 15 is 0 Å². The van der Waals surface area contributed by atoms with Crippen LogP contribution in [-0.4, -0.2) is 53.1 Å². The zero-order valence-corrected chi connectivity index (χ0v) is 30.1. The monoisotopic (exact) mass is 667 g/mol. The van der Waals surface area contributed by atoms with E-state index in [0.717, 1.165) is 38.5 Å². The lowest BCUT2D eigenvalue weighted by molar-refractivity contribution is -0.130. The first-order chi connectivity index (χ1) is 22.2. The number of aliphatic hydroxyl groups is 2. The summed E-state index contributed by atoms with van der Waals surface area (Å²) in [6, 6.07) is -1.25. The highest BCUT2D eigenvalue weighted by atomic mass is 32.2. The second-order valence-corrected chi connectivity index (χ2v) is 14.2. The van der Waals surface area contributed by atoms with Crippen LogP contribution in [0.4, 0.5) is 0 Å². The minimum Gasteiger partial charge on any atom is -0.387 e. The Morgan fingerprint density at radius 2 is 1.04 bits per heavy atom. The molecule has 46 heavy (non-hydrogen) atoms. The SMILES string of the molecule is CCCCC/C=C\C=C/CCCCCCCCCCCC(O)C(=O)NC(CS(=O)(=O)O)C(O)/C=C/CC/C=C/CCCCCCC. The lowest BCUT2D eigenvalue weighted by atomic mass is 10.0. The Labute approximate surface area is 282 Å². The first-order valence-electron chi connectivity index (χ1n) is 18.5. The number of carbonyl (C=O) groups excluding carboxylic acids is 1. The number of hydrogen-bond donors (Lipinski definition) is 4. The molecule has 0 aliphatic rings. The van der Waals surface area contributed by atoms with Crippen molar-refractivity contribution in [2.45, 2.75) is 180 Å². The van der Waals surface area contributed by atoms with Gasteiger partial charge in [-0.05, 0) is 57.8 Å². The zero-order chi connectivity index (χ0) is 34.1. The van der Waals surface area contributed by atoms with Crippen molar-refractivity contribution in [3.8, 4) is 0 Å². The van der Waals surface area contributed by atoms with Gasteiger partial charge in [-0.3, -0.25) is 9.35 Å². The van der Waals surface area contributed by atoms with Crippen molar-refractivity contribution >= 4 is 16.0 Å². The minimum atomic E-state index is -4.45. The van der Waals surface area contributed by atoms with Crippen LogP contribution in [0.2, 0.25) is 0 Å². The Hall–Kier alpha value is -1.74. The molecule has 3 unspecified atom stereocenters. The van der Waals surface area contributed by atoms with Crippen LogP contribution >= 0.6 is 0 Å². The van der Waals surface area contributed by atoms with Gasteiger partial charge in [0.05, 0.1) is 17.9 Å². The van der Waals surface area contributed by atoms with Crippen molar-refractivity contribution in [2.75, 3.05) is 5.75 Å². The number of unbranched alkanes of at least 4 members (excludes halogenated alkanes) is 18. The van der Waals surface area contributed by atoms with Crippen molar-refractivity contribution < 1.29 is 28.0 Å². The molecule has 0 heterocycles. The van der Waals surface area contributed by atoms with Gasteiger partial charge in [-0.2, -0.15) is 8.42 Å². The number of allylic oxidation sites excluding steroid dienone is 7. The van der Waals surface area contributed by atoms with E-state index in [9.17, 15) is 28.0 Å². The topological polar surface area (TPSA) is 124 Å². The second-order valence-electron chi connectivity index (χ2n) is 12.7. The van der Waals surface area contributed by atoms with E-state index in [-0.39, 0.29) is 6.42 Å². The molecule has 7 nitrogen and oxygen atoms in total. The Morgan fingerprint density at radius 3 is 1.61 bits per heavy atom. The molecule has 3 atom stereocenters. The largest absolute Gasteiger partial charge is 0.387 e. The summed E-state index contributed by atoms with van der Waals surface area (Å²) in [6.07, 6.45) is 38.8. The normalized spacial score (nSPS) is 14.6. The minimum absolute atomic E-state index is 0.267. The molecule has 0 bridgehead atoms. The summed E-state index contributed by atoms with van der Waals surface area (Å²) in [4.78, 5) is 12.5.